The average molecular weight is 439 g/mol. The van der Waals surface area contributed by atoms with E-state index in [9.17, 15) is 14.3 Å². The first-order chi connectivity index (χ1) is 15.5. The number of benzene rings is 2. The van der Waals surface area contributed by atoms with Crippen molar-refractivity contribution in [3.63, 3.8) is 0 Å². The van der Waals surface area contributed by atoms with E-state index in [1.165, 1.54) is 25.3 Å². The highest BCUT2D eigenvalue weighted by Gasteiger charge is 2.28. The summed E-state index contributed by atoms with van der Waals surface area (Å²) in [6.07, 6.45) is 3.57. The molecule has 1 heterocycles. The monoisotopic (exact) mass is 439 g/mol. The van der Waals surface area contributed by atoms with Crippen LogP contribution in [0.4, 0.5) is 4.39 Å². The van der Waals surface area contributed by atoms with Gasteiger partial charge in [0, 0.05) is 31.3 Å². The van der Waals surface area contributed by atoms with Gasteiger partial charge in [0.15, 0.2) is 0 Å². The number of rotatable bonds is 10. The lowest BCUT2D eigenvalue weighted by molar-refractivity contribution is -0.117. The number of carbonyl (C=O) groups is 1. The molecule has 0 unspecified atom stereocenters. The molecule has 0 bridgehead atoms. The maximum absolute atomic E-state index is 12.9. The highest BCUT2D eigenvalue weighted by molar-refractivity contribution is 5.92. The molecule has 1 fully saturated rings. The number of amides is 1. The van der Waals surface area contributed by atoms with Crippen molar-refractivity contribution in [1.29, 1.82) is 5.26 Å². The van der Waals surface area contributed by atoms with Crippen LogP contribution in [0.1, 0.15) is 17.5 Å². The second-order valence-corrected chi connectivity index (χ2v) is 7.53. The van der Waals surface area contributed by atoms with Gasteiger partial charge in [0.2, 0.25) is 5.91 Å². The van der Waals surface area contributed by atoms with Crippen LogP contribution in [0.2, 0.25) is 0 Å². The first-order valence-corrected chi connectivity index (χ1v) is 10.3. The van der Waals surface area contributed by atoms with Gasteiger partial charge in [-0.1, -0.05) is 0 Å². The number of methoxy groups -OCH3 is 1. The first-order valence-electron chi connectivity index (χ1n) is 10.3. The Labute approximate surface area is 186 Å². The highest BCUT2D eigenvalue weighted by Crippen LogP contribution is 2.21. The van der Waals surface area contributed by atoms with Gasteiger partial charge in [-0.3, -0.25) is 9.69 Å². The molecule has 1 saturated heterocycles. The lowest BCUT2D eigenvalue weighted by atomic mass is 10.1. The van der Waals surface area contributed by atoms with Crippen molar-refractivity contribution in [3.05, 3.63) is 65.5 Å². The van der Waals surface area contributed by atoms with Crippen molar-refractivity contribution in [2.45, 2.75) is 18.6 Å². The van der Waals surface area contributed by atoms with Crippen LogP contribution in [0.15, 0.2) is 48.5 Å². The zero-order valence-electron chi connectivity index (χ0n) is 17.8. The number of aliphatic hydroxyl groups is 1. The smallest absolute Gasteiger partial charge is 0.244 e. The average Bonchev–Trinajstić information content (AvgIpc) is 2.79. The number of hydrogen-bond acceptors (Lipinski definition) is 6. The molecule has 2 N–H and O–H groups in total. The number of aliphatic hydroxyl groups excluding tert-OH is 1. The predicted molar refractivity (Wildman–Crippen MR) is 118 cm³/mol. The van der Waals surface area contributed by atoms with E-state index >= 15 is 0 Å². The minimum Gasteiger partial charge on any atom is -0.496 e. The standard InChI is InChI=1S/C24H26FN3O4/c1-31-23-8-2-17(13-26)12-18(23)3-9-24(30)27-20(16-29)10-11-28-14-22(15-28)32-21-6-4-19(25)5-7-21/h2-9,12,20,22,29H,10-11,14-16H2,1H3,(H,27,30)/t20-/m0/s1. The van der Waals surface area contributed by atoms with Crippen LogP contribution in [0.25, 0.3) is 6.08 Å². The number of nitrogens with zero attached hydrogens (tertiary/aromatic N) is 2. The molecule has 2 aromatic carbocycles. The third-order valence-corrected chi connectivity index (χ3v) is 5.17. The number of nitriles is 1. The molecule has 8 heteroatoms. The Kier molecular flexibility index (Phi) is 8.20. The molecule has 168 valence electrons. The Morgan fingerprint density at radius 3 is 2.75 bits per heavy atom. The van der Waals surface area contributed by atoms with Gasteiger partial charge in [0.1, 0.15) is 23.4 Å². The Morgan fingerprint density at radius 1 is 1.34 bits per heavy atom. The zero-order chi connectivity index (χ0) is 22.9. The summed E-state index contributed by atoms with van der Waals surface area (Å²) >= 11 is 0. The van der Waals surface area contributed by atoms with E-state index in [0.29, 0.717) is 35.6 Å². The topological polar surface area (TPSA) is 94.8 Å². The third kappa shape index (κ3) is 6.54. The quantitative estimate of drug-likeness (QED) is 0.552. The normalized spacial score (nSPS) is 15.1. The molecule has 3 rings (SSSR count). The minimum atomic E-state index is -0.378. The predicted octanol–water partition coefficient (Wildman–Crippen LogP) is 2.35. The SMILES string of the molecule is COc1ccc(C#N)cc1C=CC(=O)N[C@H](CO)CCN1CC(Oc2ccc(F)cc2)C1. The van der Waals surface area contributed by atoms with E-state index in [1.54, 1.807) is 36.4 Å². The lowest BCUT2D eigenvalue weighted by Gasteiger charge is -2.39. The zero-order valence-corrected chi connectivity index (χ0v) is 17.8. The summed E-state index contributed by atoms with van der Waals surface area (Å²) in [6.45, 7) is 2.00. The largest absolute Gasteiger partial charge is 0.496 e. The Balaban J connectivity index is 1.42. The van der Waals surface area contributed by atoms with Crippen molar-refractivity contribution in [2.24, 2.45) is 0 Å². The van der Waals surface area contributed by atoms with Crippen LogP contribution in [0.5, 0.6) is 11.5 Å². The molecule has 0 spiro atoms. The number of likely N-dealkylation sites (tertiary alicyclic amines) is 1. The van der Waals surface area contributed by atoms with E-state index < -0.39 is 0 Å². The van der Waals surface area contributed by atoms with Gasteiger partial charge < -0.3 is 19.9 Å². The Bertz CT molecular complexity index is 982. The summed E-state index contributed by atoms with van der Waals surface area (Å²) in [5.41, 5.74) is 1.09. The fraction of sp³-hybridized carbons (Fsp3) is 0.333. The van der Waals surface area contributed by atoms with Gasteiger partial charge in [-0.2, -0.15) is 5.26 Å². The van der Waals surface area contributed by atoms with Gasteiger partial charge in [-0.25, -0.2) is 4.39 Å². The third-order valence-electron chi connectivity index (χ3n) is 5.17. The fourth-order valence-corrected chi connectivity index (χ4v) is 3.38. The van der Waals surface area contributed by atoms with E-state index in [2.05, 4.69) is 16.3 Å². The molecule has 0 aromatic heterocycles. The highest BCUT2D eigenvalue weighted by atomic mass is 19.1. The van der Waals surface area contributed by atoms with Gasteiger partial charge >= 0.3 is 0 Å². The molecule has 0 aliphatic carbocycles. The van der Waals surface area contributed by atoms with Crippen LogP contribution >= 0.6 is 0 Å². The molecule has 1 amide bonds. The van der Waals surface area contributed by atoms with Gasteiger partial charge in [-0.15, -0.1) is 0 Å². The number of nitrogens with one attached hydrogen (secondary N) is 1. The van der Waals surface area contributed by atoms with Crippen LogP contribution < -0.4 is 14.8 Å². The molecular weight excluding hydrogens is 413 g/mol. The molecule has 2 aromatic rings. The molecule has 0 radical (unpaired) electrons. The number of hydrogen-bond donors (Lipinski definition) is 2. The van der Waals surface area contributed by atoms with Crippen molar-refractivity contribution in [3.8, 4) is 17.6 Å². The van der Waals surface area contributed by atoms with Crippen LogP contribution in [-0.2, 0) is 4.79 Å². The van der Waals surface area contributed by atoms with Crippen molar-refractivity contribution >= 4 is 12.0 Å². The van der Waals surface area contributed by atoms with Gasteiger partial charge in [0.25, 0.3) is 0 Å². The summed E-state index contributed by atoms with van der Waals surface area (Å²) in [5.74, 6) is 0.561. The molecule has 32 heavy (non-hydrogen) atoms. The van der Waals surface area contributed by atoms with Gasteiger partial charge in [-0.05, 0) is 55.0 Å². The van der Waals surface area contributed by atoms with E-state index in [0.717, 1.165) is 13.1 Å². The summed E-state index contributed by atoms with van der Waals surface area (Å²) in [6, 6.07) is 12.6. The second-order valence-electron chi connectivity index (χ2n) is 7.53. The lowest BCUT2D eigenvalue weighted by Crippen LogP contribution is -2.54. The van der Waals surface area contributed by atoms with Crippen molar-refractivity contribution in [2.75, 3.05) is 33.4 Å². The maximum Gasteiger partial charge on any atom is 0.244 e. The number of ether oxygens (including phenoxy) is 2. The minimum absolute atomic E-state index is 0.0460. The summed E-state index contributed by atoms with van der Waals surface area (Å²) in [5, 5.41) is 21.4. The second kappa shape index (κ2) is 11.3. The Hall–Kier alpha value is -3.41. The van der Waals surface area contributed by atoms with E-state index in [1.807, 2.05) is 0 Å². The van der Waals surface area contributed by atoms with Crippen LogP contribution in [0, 0.1) is 17.1 Å². The summed E-state index contributed by atoms with van der Waals surface area (Å²) in [4.78, 5) is 14.4. The van der Waals surface area contributed by atoms with Crippen LogP contribution in [0.3, 0.4) is 0 Å². The van der Waals surface area contributed by atoms with Crippen LogP contribution in [-0.4, -0.2) is 61.4 Å². The van der Waals surface area contributed by atoms with Crippen molar-refractivity contribution in [1.82, 2.24) is 10.2 Å². The van der Waals surface area contributed by atoms with E-state index in [4.69, 9.17) is 14.7 Å². The van der Waals surface area contributed by atoms with Gasteiger partial charge in [0.05, 0.1) is 31.4 Å². The first kappa shape index (κ1) is 23.3. The number of carbonyl (C=O) groups excluding carboxylic acids is 1. The number of halogens is 1. The molecule has 7 nitrogen and oxygen atoms in total. The fourth-order valence-electron chi connectivity index (χ4n) is 3.38. The molecule has 1 aliphatic rings. The molecule has 1 atom stereocenters. The summed E-state index contributed by atoms with van der Waals surface area (Å²) in [7, 11) is 1.52. The summed E-state index contributed by atoms with van der Waals surface area (Å²) < 4.78 is 24.0. The maximum atomic E-state index is 12.9. The molecule has 0 saturated carbocycles. The van der Waals surface area contributed by atoms with Crippen molar-refractivity contribution < 1.29 is 23.8 Å². The molecular formula is C24H26FN3O4. The van der Waals surface area contributed by atoms with E-state index in [-0.39, 0.29) is 30.5 Å². The molecule has 1 aliphatic heterocycles. The Morgan fingerprint density at radius 2 is 2.09 bits per heavy atom.